The summed E-state index contributed by atoms with van der Waals surface area (Å²) < 4.78 is 3.28. The molecule has 0 saturated heterocycles. The van der Waals surface area contributed by atoms with Crippen molar-refractivity contribution in [3.05, 3.63) is 21.7 Å². The van der Waals surface area contributed by atoms with Gasteiger partial charge in [-0.15, -0.1) is 11.3 Å². The number of hydrogen-bond donors (Lipinski definition) is 1. The number of imidazole rings is 1. The van der Waals surface area contributed by atoms with E-state index in [1.165, 1.54) is 12.8 Å². The number of fused-ring (bicyclic) bond motifs is 3. The van der Waals surface area contributed by atoms with Crippen LogP contribution in [0.5, 0.6) is 0 Å². The largest absolute Gasteiger partial charge is 0.364 e. The molecule has 6 heteroatoms. The molecule has 0 amide bonds. The van der Waals surface area contributed by atoms with Crippen LogP contribution in [0.1, 0.15) is 18.5 Å². The number of anilines is 1. The molecule has 1 fully saturated rings. The van der Waals surface area contributed by atoms with Gasteiger partial charge in [-0.3, -0.25) is 4.40 Å². The zero-order chi connectivity index (χ0) is 12.3. The molecule has 3 aromatic rings. The van der Waals surface area contributed by atoms with E-state index in [4.69, 9.17) is 4.98 Å². The highest BCUT2D eigenvalue weighted by atomic mass is 79.9. The van der Waals surface area contributed by atoms with Gasteiger partial charge in [0.1, 0.15) is 10.3 Å². The molecular weight excluding hydrogens is 312 g/mol. The van der Waals surface area contributed by atoms with Gasteiger partial charge in [0, 0.05) is 17.9 Å². The van der Waals surface area contributed by atoms with Crippen molar-refractivity contribution < 1.29 is 0 Å². The Kier molecular flexibility index (Phi) is 2.20. The lowest BCUT2D eigenvalue weighted by atomic mass is 10.4. The molecule has 0 atom stereocenters. The number of thiophene rings is 1. The van der Waals surface area contributed by atoms with Crippen molar-refractivity contribution in [3.63, 3.8) is 0 Å². The third-order valence-electron chi connectivity index (χ3n) is 3.17. The number of aryl methyl sites for hydroxylation is 1. The molecule has 92 valence electrons. The van der Waals surface area contributed by atoms with Gasteiger partial charge in [0.2, 0.25) is 0 Å². The second-order valence-corrected chi connectivity index (χ2v) is 7.09. The van der Waals surface area contributed by atoms with Crippen LogP contribution in [0.15, 0.2) is 16.0 Å². The minimum atomic E-state index is 0.581. The van der Waals surface area contributed by atoms with Crippen LogP contribution in [-0.4, -0.2) is 20.4 Å². The summed E-state index contributed by atoms with van der Waals surface area (Å²) in [7, 11) is 0. The maximum atomic E-state index is 4.70. The summed E-state index contributed by atoms with van der Waals surface area (Å²) in [5.74, 6) is 0.906. The molecule has 1 aliphatic carbocycles. The van der Waals surface area contributed by atoms with Crippen LogP contribution in [0.3, 0.4) is 0 Å². The topological polar surface area (TPSA) is 42.2 Å². The smallest absolute Gasteiger partial charge is 0.181 e. The average Bonchev–Trinajstić information content (AvgIpc) is 2.94. The van der Waals surface area contributed by atoms with E-state index in [9.17, 15) is 0 Å². The molecule has 1 aliphatic rings. The summed E-state index contributed by atoms with van der Waals surface area (Å²) in [5, 5.41) is 3.47. The Bertz CT molecular complexity index is 756. The van der Waals surface area contributed by atoms with Gasteiger partial charge in [0.25, 0.3) is 0 Å². The highest BCUT2D eigenvalue weighted by Gasteiger charge is 2.24. The van der Waals surface area contributed by atoms with Crippen molar-refractivity contribution >= 4 is 49.1 Å². The molecule has 4 nitrogen and oxygen atoms in total. The van der Waals surface area contributed by atoms with Gasteiger partial charge >= 0.3 is 0 Å². The second-order valence-electron chi connectivity index (χ2n) is 4.68. The fourth-order valence-electron chi connectivity index (χ4n) is 2.13. The van der Waals surface area contributed by atoms with Crippen molar-refractivity contribution in [2.75, 3.05) is 5.32 Å². The minimum absolute atomic E-state index is 0.581. The van der Waals surface area contributed by atoms with Crippen LogP contribution in [0.4, 0.5) is 5.82 Å². The molecule has 0 bridgehead atoms. The van der Waals surface area contributed by atoms with Crippen molar-refractivity contribution in [2.45, 2.75) is 25.8 Å². The summed E-state index contributed by atoms with van der Waals surface area (Å²) in [6.45, 7) is 2.08. The highest BCUT2D eigenvalue weighted by molar-refractivity contribution is 9.11. The summed E-state index contributed by atoms with van der Waals surface area (Å²) >= 11 is 5.23. The van der Waals surface area contributed by atoms with Crippen LogP contribution in [0.25, 0.3) is 16.0 Å². The fourth-order valence-corrected chi connectivity index (χ4v) is 3.70. The van der Waals surface area contributed by atoms with Crippen LogP contribution in [0.2, 0.25) is 0 Å². The minimum Gasteiger partial charge on any atom is -0.364 e. The second kappa shape index (κ2) is 3.68. The van der Waals surface area contributed by atoms with Gasteiger partial charge in [0.05, 0.1) is 3.79 Å². The zero-order valence-electron chi connectivity index (χ0n) is 9.77. The van der Waals surface area contributed by atoms with Gasteiger partial charge in [-0.2, -0.15) is 0 Å². The zero-order valence-corrected chi connectivity index (χ0v) is 12.2. The van der Waals surface area contributed by atoms with Gasteiger partial charge in [-0.25, -0.2) is 9.97 Å². The van der Waals surface area contributed by atoms with E-state index >= 15 is 0 Å². The normalized spacial score (nSPS) is 15.7. The number of rotatable bonds is 2. The summed E-state index contributed by atoms with van der Waals surface area (Å²) in [5.41, 5.74) is 3.09. The molecule has 3 aromatic heterocycles. The van der Waals surface area contributed by atoms with Crippen molar-refractivity contribution in [1.29, 1.82) is 0 Å². The molecule has 0 aliphatic heterocycles. The van der Waals surface area contributed by atoms with Crippen LogP contribution in [-0.2, 0) is 0 Å². The maximum Gasteiger partial charge on any atom is 0.181 e. The third-order valence-corrected chi connectivity index (χ3v) is 4.78. The lowest BCUT2D eigenvalue weighted by Gasteiger charge is -2.07. The Morgan fingerprint density at radius 1 is 1.50 bits per heavy atom. The molecule has 4 rings (SSSR count). The monoisotopic (exact) mass is 322 g/mol. The first-order chi connectivity index (χ1) is 8.72. The first kappa shape index (κ1) is 10.8. The standard InChI is InChI=1S/C12H11BrN4S/c1-6-5-14-11-10(15-7-2-3-7)16-8-4-9(13)18-12(8)17(6)11/h4-5,7H,2-3H2,1H3,(H,15,16). The first-order valence-electron chi connectivity index (χ1n) is 5.92. The van der Waals surface area contributed by atoms with E-state index < -0.39 is 0 Å². The SMILES string of the molecule is Cc1cnc2c(NC3CC3)nc3cc(Br)sc3n12. The molecule has 18 heavy (non-hydrogen) atoms. The van der Waals surface area contributed by atoms with E-state index in [0.29, 0.717) is 6.04 Å². The van der Waals surface area contributed by atoms with Gasteiger partial charge < -0.3 is 5.32 Å². The average molecular weight is 323 g/mol. The number of hydrogen-bond acceptors (Lipinski definition) is 4. The molecular formula is C12H11BrN4S. The van der Waals surface area contributed by atoms with Gasteiger partial charge in [0.15, 0.2) is 11.5 Å². The van der Waals surface area contributed by atoms with Crippen molar-refractivity contribution in [1.82, 2.24) is 14.4 Å². The molecule has 0 aromatic carbocycles. The highest BCUT2D eigenvalue weighted by Crippen LogP contribution is 2.33. The summed E-state index contributed by atoms with van der Waals surface area (Å²) in [6.07, 6.45) is 4.37. The Balaban J connectivity index is 2.07. The number of aromatic nitrogens is 3. The van der Waals surface area contributed by atoms with E-state index in [2.05, 4.69) is 43.6 Å². The Morgan fingerprint density at radius 2 is 2.33 bits per heavy atom. The summed E-state index contributed by atoms with van der Waals surface area (Å²) in [4.78, 5) is 10.3. The molecule has 3 heterocycles. The Hall–Kier alpha value is -1.14. The van der Waals surface area contributed by atoms with E-state index in [1.54, 1.807) is 11.3 Å². The molecule has 1 N–H and O–H groups in total. The van der Waals surface area contributed by atoms with E-state index in [-0.39, 0.29) is 0 Å². The Labute approximate surface area is 116 Å². The molecule has 0 spiro atoms. The first-order valence-corrected chi connectivity index (χ1v) is 7.53. The van der Waals surface area contributed by atoms with E-state index in [0.717, 1.165) is 31.3 Å². The fraction of sp³-hybridized carbons (Fsp3) is 0.333. The molecule has 1 saturated carbocycles. The summed E-state index contributed by atoms with van der Waals surface area (Å²) in [6, 6.07) is 2.65. The lowest BCUT2D eigenvalue weighted by Crippen LogP contribution is -2.06. The van der Waals surface area contributed by atoms with E-state index in [1.807, 2.05) is 6.20 Å². The van der Waals surface area contributed by atoms with Gasteiger partial charge in [-0.05, 0) is 41.8 Å². The number of nitrogens with zero attached hydrogens (tertiary/aromatic N) is 3. The molecule has 0 radical (unpaired) electrons. The third kappa shape index (κ3) is 1.55. The van der Waals surface area contributed by atoms with Crippen LogP contribution < -0.4 is 5.32 Å². The van der Waals surface area contributed by atoms with Crippen molar-refractivity contribution in [3.8, 4) is 0 Å². The van der Waals surface area contributed by atoms with Gasteiger partial charge in [-0.1, -0.05) is 0 Å². The Morgan fingerprint density at radius 3 is 3.11 bits per heavy atom. The molecule has 0 unspecified atom stereocenters. The predicted molar refractivity (Wildman–Crippen MR) is 77.5 cm³/mol. The lowest BCUT2D eigenvalue weighted by molar-refractivity contribution is 1.10. The predicted octanol–water partition coefficient (Wildman–Crippen LogP) is 3.59. The van der Waals surface area contributed by atoms with Crippen LogP contribution >= 0.6 is 27.3 Å². The number of halogens is 1. The number of nitrogens with one attached hydrogen (secondary N) is 1. The van der Waals surface area contributed by atoms with Crippen LogP contribution in [0, 0.1) is 6.92 Å². The maximum absolute atomic E-state index is 4.70. The quantitative estimate of drug-likeness (QED) is 0.784. The van der Waals surface area contributed by atoms with Crippen molar-refractivity contribution in [2.24, 2.45) is 0 Å².